The van der Waals surface area contributed by atoms with Crippen molar-refractivity contribution in [3.8, 4) is 0 Å². The predicted octanol–water partition coefficient (Wildman–Crippen LogP) is 3.15. The van der Waals surface area contributed by atoms with Crippen molar-refractivity contribution >= 4 is 11.6 Å². The van der Waals surface area contributed by atoms with Crippen LogP contribution < -0.4 is 10.6 Å². The van der Waals surface area contributed by atoms with Crippen LogP contribution in [0.15, 0.2) is 47.5 Å². The van der Waals surface area contributed by atoms with Crippen LogP contribution in [0.4, 0.5) is 14.5 Å². The number of para-hydroxylation sites is 1. The van der Waals surface area contributed by atoms with E-state index in [9.17, 15) is 8.78 Å². The van der Waals surface area contributed by atoms with Gasteiger partial charge in [0.1, 0.15) is 11.6 Å². The Kier molecular flexibility index (Phi) is 3.33. The summed E-state index contributed by atoms with van der Waals surface area (Å²) in [6, 6.07) is 10.6. The van der Waals surface area contributed by atoms with Crippen molar-refractivity contribution in [2.75, 3.05) is 11.4 Å². The Morgan fingerprint density at radius 3 is 2.71 bits per heavy atom. The Morgan fingerprint density at radius 1 is 1.19 bits per heavy atom. The third-order valence-corrected chi connectivity index (χ3v) is 3.70. The highest BCUT2D eigenvalue weighted by molar-refractivity contribution is 5.97. The molecule has 3 rings (SSSR count). The molecule has 0 saturated carbocycles. The molecule has 108 valence electrons. The number of hydrogen-bond acceptors (Lipinski definition) is 3. The number of rotatable bonds is 2. The van der Waals surface area contributed by atoms with Gasteiger partial charge in [0.05, 0.1) is 18.3 Å². The van der Waals surface area contributed by atoms with Gasteiger partial charge >= 0.3 is 0 Å². The molecule has 0 bridgehead atoms. The van der Waals surface area contributed by atoms with E-state index in [1.807, 2.05) is 6.92 Å². The van der Waals surface area contributed by atoms with Crippen LogP contribution in [0.1, 0.15) is 17.2 Å². The minimum absolute atomic E-state index is 0.244. The molecular formula is C16H15F2N3. The molecule has 0 aliphatic carbocycles. The lowest BCUT2D eigenvalue weighted by Crippen LogP contribution is -2.37. The van der Waals surface area contributed by atoms with Crippen LogP contribution >= 0.6 is 0 Å². The number of anilines is 1. The predicted molar refractivity (Wildman–Crippen MR) is 79.2 cm³/mol. The fraction of sp³-hybridized carbons (Fsp3) is 0.188. The molecular weight excluding hydrogens is 272 g/mol. The fourth-order valence-electron chi connectivity index (χ4n) is 2.64. The summed E-state index contributed by atoms with van der Waals surface area (Å²) in [5.74, 6) is -0.458. The van der Waals surface area contributed by atoms with Crippen LogP contribution in [-0.4, -0.2) is 12.5 Å². The maximum Gasteiger partial charge on any atom is 0.196 e. The van der Waals surface area contributed by atoms with Crippen molar-refractivity contribution in [2.45, 2.75) is 13.0 Å². The second kappa shape index (κ2) is 5.16. The van der Waals surface area contributed by atoms with Crippen LogP contribution in [0.2, 0.25) is 0 Å². The van der Waals surface area contributed by atoms with Gasteiger partial charge in [-0.2, -0.15) is 0 Å². The smallest absolute Gasteiger partial charge is 0.196 e. The molecule has 2 aromatic rings. The first-order chi connectivity index (χ1) is 10.1. The summed E-state index contributed by atoms with van der Waals surface area (Å²) in [4.78, 5) is 5.82. The highest BCUT2D eigenvalue weighted by Gasteiger charge is 2.31. The quantitative estimate of drug-likeness (QED) is 0.922. The average Bonchev–Trinajstić information content (AvgIpc) is 2.84. The van der Waals surface area contributed by atoms with Crippen molar-refractivity contribution in [3.63, 3.8) is 0 Å². The van der Waals surface area contributed by atoms with Gasteiger partial charge in [-0.3, -0.25) is 4.99 Å². The van der Waals surface area contributed by atoms with Gasteiger partial charge in [-0.25, -0.2) is 8.78 Å². The Bertz CT molecular complexity index is 712. The van der Waals surface area contributed by atoms with Gasteiger partial charge in [0, 0.05) is 0 Å². The molecule has 1 heterocycles. The first kappa shape index (κ1) is 13.5. The molecule has 1 aliphatic rings. The zero-order valence-corrected chi connectivity index (χ0v) is 11.6. The van der Waals surface area contributed by atoms with Crippen molar-refractivity contribution in [2.24, 2.45) is 10.7 Å². The van der Waals surface area contributed by atoms with E-state index in [-0.39, 0.29) is 23.6 Å². The van der Waals surface area contributed by atoms with Crippen molar-refractivity contribution in [1.29, 1.82) is 0 Å². The lowest BCUT2D eigenvalue weighted by Gasteiger charge is -2.28. The Labute approximate surface area is 121 Å². The minimum Gasteiger partial charge on any atom is -0.369 e. The maximum absolute atomic E-state index is 14.1. The summed E-state index contributed by atoms with van der Waals surface area (Å²) >= 11 is 0. The number of guanidine groups is 1. The van der Waals surface area contributed by atoms with E-state index in [4.69, 9.17) is 5.73 Å². The number of nitrogens with two attached hydrogens (primary N) is 1. The molecule has 3 nitrogen and oxygen atoms in total. The van der Waals surface area contributed by atoms with Crippen molar-refractivity contribution < 1.29 is 8.78 Å². The van der Waals surface area contributed by atoms with Crippen LogP contribution in [0, 0.1) is 18.6 Å². The summed E-state index contributed by atoms with van der Waals surface area (Å²) in [5, 5.41) is 0. The van der Waals surface area contributed by atoms with Gasteiger partial charge in [-0.1, -0.05) is 18.2 Å². The molecule has 0 radical (unpaired) electrons. The summed E-state index contributed by atoms with van der Waals surface area (Å²) < 4.78 is 27.6. The van der Waals surface area contributed by atoms with E-state index in [0.717, 1.165) is 11.1 Å². The monoisotopic (exact) mass is 287 g/mol. The molecule has 2 aromatic carbocycles. The van der Waals surface area contributed by atoms with Gasteiger partial charge in [0.25, 0.3) is 0 Å². The molecule has 0 saturated heterocycles. The summed E-state index contributed by atoms with van der Waals surface area (Å²) in [6.07, 6.45) is 0. The largest absolute Gasteiger partial charge is 0.369 e. The zero-order valence-electron chi connectivity index (χ0n) is 11.6. The Hall–Kier alpha value is -2.43. The van der Waals surface area contributed by atoms with Crippen LogP contribution in [0.5, 0.6) is 0 Å². The molecule has 2 N–H and O–H groups in total. The summed E-state index contributed by atoms with van der Waals surface area (Å²) in [7, 11) is 0. The van der Waals surface area contributed by atoms with E-state index < -0.39 is 0 Å². The SMILES string of the molecule is Cc1ccc(F)cc1C1CN=C(N)N1c1ccccc1F. The van der Waals surface area contributed by atoms with Crippen molar-refractivity contribution in [3.05, 3.63) is 65.2 Å². The summed E-state index contributed by atoms with van der Waals surface area (Å²) in [6.45, 7) is 2.27. The van der Waals surface area contributed by atoms with E-state index >= 15 is 0 Å². The van der Waals surface area contributed by atoms with E-state index in [0.29, 0.717) is 12.2 Å². The maximum atomic E-state index is 14.1. The Morgan fingerprint density at radius 2 is 1.95 bits per heavy atom. The second-order valence-corrected chi connectivity index (χ2v) is 5.04. The third kappa shape index (κ3) is 2.35. The van der Waals surface area contributed by atoms with Crippen molar-refractivity contribution in [1.82, 2.24) is 0 Å². The van der Waals surface area contributed by atoms with E-state index in [1.165, 1.54) is 18.2 Å². The number of aliphatic imine (C=N–C) groups is 1. The lowest BCUT2D eigenvalue weighted by atomic mass is 10.00. The zero-order chi connectivity index (χ0) is 15.0. The molecule has 1 unspecified atom stereocenters. The molecule has 0 fully saturated rings. The van der Waals surface area contributed by atoms with Gasteiger partial charge in [-0.15, -0.1) is 0 Å². The first-order valence-corrected chi connectivity index (χ1v) is 6.67. The van der Waals surface area contributed by atoms with E-state index in [2.05, 4.69) is 4.99 Å². The molecule has 0 amide bonds. The summed E-state index contributed by atoms with van der Waals surface area (Å²) in [5.41, 5.74) is 7.95. The highest BCUT2D eigenvalue weighted by Crippen LogP contribution is 2.34. The molecule has 0 spiro atoms. The number of nitrogens with zero attached hydrogens (tertiary/aromatic N) is 2. The molecule has 1 atom stereocenters. The second-order valence-electron chi connectivity index (χ2n) is 5.04. The molecule has 5 heteroatoms. The highest BCUT2D eigenvalue weighted by atomic mass is 19.1. The van der Waals surface area contributed by atoms with Gasteiger partial charge in [-0.05, 0) is 42.3 Å². The van der Waals surface area contributed by atoms with Crippen LogP contribution in [0.3, 0.4) is 0 Å². The lowest BCUT2D eigenvalue weighted by molar-refractivity contribution is 0.612. The number of halogens is 2. The number of hydrogen-bond donors (Lipinski definition) is 1. The third-order valence-electron chi connectivity index (χ3n) is 3.70. The van der Waals surface area contributed by atoms with E-state index in [1.54, 1.807) is 29.2 Å². The first-order valence-electron chi connectivity index (χ1n) is 6.67. The molecule has 1 aliphatic heterocycles. The topological polar surface area (TPSA) is 41.6 Å². The van der Waals surface area contributed by atoms with Crippen LogP contribution in [-0.2, 0) is 0 Å². The fourth-order valence-corrected chi connectivity index (χ4v) is 2.64. The van der Waals surface area contributed by atoms with Crippen LogP contribution in [0.25, 0.3) is 0 Å². The number of aryl methyl sites for hydroxylation is 1. The van der Waals surface area contributed by atoms with Gasteiger partial charge < -0.3 is 10.6 Å². The Balaban J connectivity index is 2.07. The number of benzene rings is 2. The average molecular weight is 287 g/mol. The standard InChI is InChI=1S/C16H15F2N3/c1-10-6-7-11(17)8-12(10)15-9-20-16(19)21(15)14-5-3-2-4-13(14)18/h2-8,15H,9H2,1H3,(H2,19,20). The minimum atomic E-state index is -0.378. The normalized spacial score (nSPS) is 18.0. The molecule has 0 aromatic heterocycles. The van der Waals surface area contributed by atoms with Gasteiger partial charge in [0.15, 0.2) is 5.96 Å². The van der Waals surface area contributed by atoms with Gasteiger partial charge in [0.2, 0.25) is 0 Å². The molecule has 21 heavy (non-hydrogen) atoms.